The van der Waals surface area contributed by atoms with E-state index < -0.39 is 17.7 Å². The van der Waals surface area contributed by atoms with E-state index in [0.717, 1.165) is 33.4 Å². The van der Waals surface area contributed by atoms with Crippen molar-refractivity contribution in [1.82, 2.24) is 0 Å². The predicted molar refractivity (Wildman–Crippen MR) is 107 cm³/mol. The molecule has 0 aliphatic heterocycles. The summed E-state index contributed by atoms with van der Waals surface area (Å²) < 4.78 is 11.2. The second-order valence-corrected chi connectivity index (χ2v) is 8.00. The molecule has 2 aromatic rings. The number of halogens is 1. The second-order valence-electron chi connectivity index (χ2n) is 7.56. The molecular formula is C22H27ClO3. The number of esters is 1. The van der Waals surface area contributed by atoms with Crippen LogP contribution in [0.4, 0.5) is 0 Å². The molecule has 2 aromatic carbocycles. The lowest BCUT2D eigenvalue weighted by Crippen LogP contribution is -2.29. The predicted octanol–water partition coefficient (Wildman–Crippen LogP) is 5.96. The zero-order valence-electron chi connectivity index (χ0n) is 16.6. The van der Waals surface area contributed by atoms with Crippen LogP contribution in [0.25, 0.3) is 11.1 Å². The zero-order chi connectivity index (χ0) is 19.6. The van der Waals surface area contributed by atoms with Crippen molar-refractivity contribution in [2.24, 2.45) is 0 Å². The molecule has 1 atom stereocenters. The maximum Gasteiger partial charge on any atom is 0.339 e. The number of rotatable bonds is 4. The smallest absolute Gasteiger partial charge is 0.339 e. The normalized spacial score (nSPS) is 12.8. The molecule has 3 nitrogen and oxygen atoms in total. The second kappa shape index (κ2) is 7.81. The van der Waals surface area contributed by atoms with Crippen molar-refractivity contribution in [1.29, 1.82) is 0 Å². The van der Waals surface area contributed by atoms with E-state index in [1.807, 2.05) is 52.0 Å². The van der Waals surface area contributed by atoms with Crippen LogP contribution >= 0.6 is 11.6 Å². The van der Waals surface area contributed by atoms with Crippen molar-refractivity contribution in [3.05, 3.63) is 57.6 Å². The highest BCUT2D eigenvalue weighted by atomic mass is 35.5. The molecule has 0 spiro atoms. The molecule has 0 aliphatic carbocycles. The number of carbonyl (C=O) groups is 1. The van der Waals surface area contributed by atoms with E-state index in [0.29, 0.717) is 5.02 Å². The number of methoxy groups -OCH3 is 1. The summed E-state index contributed by atoms with van der Waals surface area (Å²) in [6, 6.07) is 9.74. The van der Waals surface area contributed by atoms with Crippen molar-refractivity contribution in [3.8, 4) is 11.1 Å². The first-order valence-electron chi connectivity index (χ1n) is 8.67. The van der Waals surface area contributed by atoms with Crippen LogP contribution in [0.1, 0.15) is 49.1 Å². The van der Waals surface area contributed by atoms with Gasteiger partial charge in [0.2, 0.25) is 0 Å². The molecule has 0 radical (unpaired) electrons. The Bertz CT molecular complexity index is 802. The molecule has 26 heavy (non-hydrogen) atoms. The summed E-state index contributed by atoms with van der Waals surface area (Å²) in [6.45, 7) is 11.9. The summed E-state index contributed by atoms with van der Waals surface area (Å²) in [5.74, 6) is -0.401. The highest BCUT2D eigenvalue weighted by molar-refractivity contribution is 6.30. The van der Waals surface area contributed by atoms with Crippen molar-refractivity contribution in [2.75, 3.05) is 7.11 Å². The van der Waals surface area contributed by atoms with Crippen LogP contribution in [0.3, 0.4) is 0 Å². The average Bonchev–Trinajstić information content (AvgIpc) is 2.55. The minimum absolute atomic E-state index is 0.401. The first kappa shape index (κ1) is 20.5. The van der Waals surface area contributed by atoms with Gasteiger partial charge in [-0.3, -0.25) is 0 Å². The van der Waals surface area contributed by atoms with Gasteiger partial charge in [0, 0.05) is 10.6 Å². The van der Waals surface area contributed by atoms with E-state index >= 15 is 0 Å². The molecule has 0 amide bonds. The summed E-state index contributed by atoms with van der Waals surface area (Å²) >= 11 is 6.07. The molecule has 1 unspecified atom stereocenters. The van der Waals surface area contributed by atoms with Gasteiger partial charge in [-0.1, -0.05) is 29.8 Å². The van der Waals surface area contributed by atoms with E-state index in [1.165, 1.54) is 7.11 Å². The van der Waals surface area contributed by atoms with Crippen molar-refractivity contribution >= 4 is 17.6 Å². The first-order valence-corrected chi connectivity index (χ1v) is 9.05. The Morgan fingerprint density at radius 1 is 1.04 bits per heavy atom. The average molecular weight is 375 g/mol. The highest BCUT2D eigenvalue weighted by Gasteiger charge is 2.32. The van der Waals surface area contributed by atoms with Gasteiger partial charge >= 0.3 is 5.97 Å². The molecule has 0 N–H and O–H groups in total. The van der Waals surface area contributed by atoms with E-state index in [9.17, 15) is 4.79 Å². The van der Waals surface area contributed by atoms with Crippen molar-refractivity contribution < 1.29 is 14.3 Å². The Hall–Kier alpha value is -1.84. The Labute approximate surface area is 161 Å². The largest absolute Gasteiger partial charge is 0.467 e. The minimum atomic E-state index is -0.801. The summed E-state index contributed by atoms with van der Waals surface area (Å²) in [7, 11) is 1.39. The Morgan fingerprint density at radius 2 is 1.62 bits per heavy atom. The lowest BCUT2D eigenvalue weighted by Gasteiger charge is -2.29. The van der Waals surface area contributed by atoms with Crippen LogP contribution in [0.5, 0.6) is 0 Å². The maximum atomic E-state index is 12.6. The number of benzene rings is 2. The molecule has 0 saturated carbocycles. The molecule has 0 aromatic heterocycles. The molecule has 0 fully saturated rings. The third kappa shape index (κ3) is 4.46. The van der Waals surface area contributed by atoms with Crippen LogP contribution < -0.4 is 0 Å². The Balaban J connectivity index is 2.78. The van der Waals surface area contributed by atoms with Crippen LogP contribution in [-0.2, 0) is 14.3 Å². The van der Waals surface area contributed by atoms with Crippen LogP contribution in [0.2, 0.25) is 5.02 Å². The van der Waals surface area contributed by atoms with Crippen molar-refractivity contribution in [3.63, 3.8) is 0 Å². The number of ether oxygens (including phenoxy) is 2. The van der Waals surface area contributed by atoms with Gasteiger partial charge < -0.3 is 9.47 Å². The molecule has 140 valence electrons. The van der Waals surface area contributed by atoms with Gasteiger partial charge in [-0.2, -0.15) is 0 Å². The molecule has 0 saturated heterocycles. The Kier molecular flexibility index (Phi) is 6.15. The topological polar surface area (TPSA) is 35.5 Å². The van der Waals surface area contributed by atoms with Gasteiger partial charge in [0.25, 0.3) is 0 Å². The fourth-order valence-electron chi connectivity index (χ4n) is 3.12. The molecule has 0 heterocycles. The molecule has 2 rings (SSSR count). The molecule has 0 aliphatic rings. The third-order valence-electron chi connectivity index (χ3n) is 4.38. The van der Waals surface area contributed by atoms with E-state index in [-0.39, 0.29) is 0 Å². The van der Waals surface area contributed by atoms with Crippen LogP contribution in [0.15, 0.2) is 30.3 Å². The molecule has 0 bridgehead atoms. The van der Waals surface area contributed by atoms with Gasteiger partial charge in [0.1, 0.15) is 0 Å². The zero-order valence-corrected chi connectivity index (χ0v) is 17.3. The fourth-order valence-corrected chi connectivity index (χ4v) is 3.25. The van der Waals surface area contributed by atoms with E-state index in [1.54, 1.807) is 0 Å². The van der Waals surface area contributed by atoms with E-state index in [2.05, 4.69) is 19.9 Å². The van der Waals surface area contributed by atoms with Crippen LogP contribution in [0, 0.1) is 20.8 Å². The van der Waals surface area contributed by atoms with Crippen LogP contribution in [-0.4, -0.2) is 18.7 Å². The van der Waals surface area contributed by atoms with Gasteiger partial charge in [-0.25, -0.2) is 4.79 Å². The maximum absolute atomic E-state index is 12.6. The van der Waals surface area contributed by atoms with Crippen molar-refractivity contribution in [2.45, 2.75) is 53.2 Å². The number of carbonyl (C=O) groups excluding carboxylic acids is 1. The fraction of sp³-hybridized carbons (Fsp3) is 0.409. The van der Waals surface area contributed by atoms with Gasteiger partial charge in [-0.15, -0.1) is 0 Å². The number of hydrogen-bond donors (Lipinski definition) is 0. The SMILES string of the molecule is COC(=O)C(OC(C)(C)C)c1c(C)cc(C)c(C)c1-c1ccc(Cl)cc1. The summed E-state index contributed by atoms with van der Waals surface area (Å²) in [4.78, 5) is 12.6. The standard InChI is InChI=1S/C22H27ClO3/c1-13-12-14(2)18(20(21(24)25-7)26-22(4,5)6)19(15(13)3)16-8-10-17(23)11-9-16/h8-12,20H,1-7H3. The highest BCUT2D eigenvalue weighted by Crippen LogP contribution is 2.39. The van der Waals surface area contributed by atoms with Gasteiger partial charge in [0.05, 0.1) is 12.7 Å². The monoisotopic (exact) mass is 374 g/mol. The molecule has 4 heteroatoms. The lowest BCUT2D eigenvalue weighted by molar-refractivity contribution is -0.164. The molecular weight excluding hydrogens is 348 g/mol. The van der Waals surface area contributed by atoms with E-state index in [4.69, 9.17) is 21.1 Å². The van der Waals surface area contributed by atoms with Gasteiger partial charge in [-0.05, 0) is 81.5 Å². The third-order valence-corrected chi connectivity index (χ3v) is 4.63. The number of hydrogen-bond acceptors (Lipinski definition) is 3. The quantitative estimate of drug-likeness (QED) is 0.619. The first-order chi connectivity index (χ1) is 12.0. The van der Waals surface area contributed by atoms with Gasteiger partial charge in [0.15, 0.2) is 6.10 Å². The lowest BCUT2D eigenvalue weighted by atomic mass is 9.86. The summed E-state index contributed by atoms with van der Waals surface area (Å²) in [5.41, 5.74) is 5.62. The minimum Gasteiger partial charge on any atom is -0.467 e. The summed E-state index contributed by atoms with van der Waals surface area (Å²) in [5, 5.41) is 0.674. The Morgan fingerprint density at radius 3 is 2.12 bits per heavy atom. The summed E-state index contributed by atoms with van der Waals surface area (Å²) in [6.07, 6.45) is -0.801. The number of aryl methyl sites for hydroxylation is 2.